The van der Waals surface area contributed by atoms with Crippen LogP contribution in [0.2, 0.25) is 0 Å². The smallest absolute Gasteiger partial charge is 0.330 e. The van der Waals surface area contributed by atoms with Crippen molar-refractivity contribution in [2.24, 2.45) is 5.92 Å². The highest BCUT2D eigenvalue weighted by molar-refractivity contribution is 6.13. The number of nitrogens with one attached hydrogen (secondary N) is 1. The van der Waals surface area contributed by atoms with Gasteiger partial charge in [-0.25, -0.2) is 9.48 Å². The largest absolute Gasteiger partial charge is 0.383 e. The van der Waals surface area contributed by atoms with E-state index in [1.165, 1.54) is 16.4 Å². The highest BCUT2D eigenvalue weighted by Gasteiger charge is 2.28. The molecule has 0 aliphatic carbocycles. The molecule has 0 radical (unpaired) electrons. The fourth-order valence-electron chi connectivity index (χ4n) is 3.72. The lowest BCUT2D eigenvalue weighted by atomic mass is 10.1. The molecule has 0 spiro atoms. The summed E-state index contributed by atoms with van der Waals surface area (Å²) in [6.07, 6.45) is 0. The van der Waals surface area contributed by atoms with Gasteiger partial charge in [-0.05, 0) is 25.8 Å². The molecule has 0 aliphatic heterocycles. The second-order valence-electron chi connectivity index (χ2n) is 8.68. The van der Waals surface area contributed by atoms with Crippen LogP contribution in [-0.2, 0) is 11.3 Å². The minimum atomic E-state index is -0.798. The predicted molar refractivity (Wildman–Crippen MR) is 131 cm³/mol. The van der Waals surface area contributed by atoms with Crippen molar-refractivity contribution in [3.05, 3.63) is 61.2 Å². The van der Waals surface area contributed by atoms with Gasteiger partial charge in [0.05, 0.1) is 18.0 Å². The van der Waals surface area contributed by atoms with Gasteiger partial charge in [0.25, 0.3) is 17.0 Å². The number of nitrogens with two attached hydrogens (primary N) is 1. The Balaban J connectivity index is 2.30. The van der Waals surface area contributed by atoms with Crippen LogP contribution in [-0.4, -0.2) is 45.5 Å². The van der Waals surface area contributed by atoms with Gasteiger partial charge >= 0.3 is 5.69 Å². The number of hydrogen-bond donors (Lipinski definition) is 2. The molecule has 2 aromatic heterocycles. The molecule has 34 heavy (non-hydrogen) atoms. The van der Waals surface area contributed by atoms with Crippen LogP contribution in [0.1, 0.15) is 44.2 Å². The number of amides is 1. The number of carbonyl (C=O) groups is 1. The number of benzene rings is 1. The number of nitrogen functional groups attached to an aromatic ring is 1. The molecule has 3 aromatic rings. The summed E-state index contributed by atoms with van der Waals surface area (Å²) >= 11 is 0. The van der Waals surface area contributed by atoms with E-state index in [1.807, 2.05) is 13.8 Å². The van der Waals surface area contributed by atoms with Crippen LogP contribution in [0.4, 0.5) is 11.5 Å². The van der Waals surface area contributed by atoms with Crippen molar-refractivity contribution < 1.29 is 9.53 Å². The fraction of sp³-hybridized carbons (Fsp3) is 0.435. The Morgan fingerprint density at radius 3 is 2.38 bits per heavy atom. The zero-order valence-corrected chi connectivity index (χ0v) is 20.0. The molecule has 182 valence electrons. The van der Waals surface area contributed by atoms with Gasteiger partial charge < -0.3 is 10.5 Å². The van der Waals surface area contributed by atoms with E-state index >= 15 is 0 Å². The number of aromatic nitrogens is 4. The molecule has 1 amide bonds. The van der Waals surface area contributed by atoms with Gasteiger partial charge in [0.15, 0.2) is 11.4 Å². The number of hydrogen-bond acceptors (Lipinski definition) is 7. The van der Waals surface area contributed by atoms with E-state index < -0.39 is 17.2 Å². The lowest BCUT2D eigenvalue weighted by molar-refractivity contribution is 0.0970. The Labute approximate surface area is 195 Å². The van der Waals surface area contributed by atoms with Gasteiger partial charge in [-0.2, -0.15) is 5.10 Å². The molecule has 11 heteroatoms. The Bertz CT molecular complexity index is 1390. The van der Waals surface area contributed by atoms with Gasteiger partial charge in [-0.15, -0.1) is 0 Å². The van der Waals surface area contributed by atoms with Gasteiger partial charge in [-0.3, -0.25) is 28.8 Å². The van der Waals surface area contributed by atoms with Crippen molar-refractivity contribution in [3.8, 4) is 0 Å². The number of carbonyl (C=O) groups excluding carboxylic acids is 1. The summed E-state index contributed by atoms with van der Waals surface area (Å²) in [4.78, 5) is 55.4. The highest BCUT2D eigenvalue weighted by Crippen LogP contribution is 2.22. The van der Waals surface area contributed by atoms with E-state index in [9.17, 15) is 19.2 Å². The van der Waals surface area contributed by atoms with Crippen LogP contribution < -0.4 is 27.4 Å². The van der Waals surface area contributed by atoms with Gasteiger partial charge in [0, 0.05) is 25.6 Å². The average molecular weight is 471 g/mol. The maximum Gasteiger partial charge on any atom is 0.330 e. The zero-order chi connectivity index (χ0) is 25.2. The Morgan fingerprint density at radius 2 is 1.79 bits per heavy atom. The Morgan fingerprint density at radius 1 is 1.15 bits per heavy atom. The van der Waals surface area contributed by atoms with Crippen molar-refractivity contribution in [3.63, 3.8) is 0 Å². The third kappa shape index (κ3) is 4.65. The predicted octanol–water partition coefficient (Wildman–Crippen LogP) is 1.36. The van der Waals surface area contributed by atoms with Gasteiger partial charge in [0.1, 0.15) is 5.82 Å². The second-order valence-corrected chi connectivity index (χ2v) is 8.68. The summed E-state index contributed by atoms with van der Waals surface area (Å²) in [5.41, 5.74) is 4.31. The molecule has 1 aromatic carbocycles. The summed E-state index contributed by atoms with van der Waals surface area (Å²) in [6, 6.07) is 6.35. The monoisotopic (exact) mass is 470 g/mol. The maximum absolute atomic E-state index is 13.9. The molecule has 2 heterocycles. The standard InChI is InChI=1S/C23H30N6O5/c1-13(2)12-28-19(24)18(20(30)25-23(28)33)27(10-11-34-5)22(32)17-15-8-6-7-9-16(15)21(31)29(26-17)14(3)4/h6-9,13-14H,10-12,24H2,1-5H3,(H,25,30,33). The summed E-state index contributed by atoms with van der Waals surface area (Å²) < 4.78 is 7.62. The van der Waals surface area contributed by atoms with E-state index in [0.717, 1.165) is 4.90 Å². The molecule has 11 nitrogen and oxygen atoms in total. The molecule has 0 atom stereocenters. The van der Waals surface area contributed by atoms with Crippen molar-refractivity contribution in [2.45, 2.75) is 40.3 Å². The van der Waals surface area contributed by atoms with Crippen LogP contribution in [0.3, 0.4) is 0 Å². The first-order valence-electron chi connectivity index (χ1n) is 11.0. The van der Waals surface area contributed by atoms with Crippen LogP contribution in [0.15, 0.2) is 38.6 Å². The summed E-state index contributed by atoms with van der Waals surface area (Å²) in [5, 5.41) is 5.03. The third-order valence-electron chi connectivity index (χ3n) is 5.32. The molecule has 0 fully saturated rings. The third-order valence-corrected chi connectivity index (χ3v) is 5.32. The Kier molecular flexibility index (Phi) is 7.35. The van der Waals surface area contributed by atoms with Crippen molar-refractivity contribution in [2.75, 3.05) is 30.9 Å². The number of anilines is 2. The number of aromatic amines is 1. The molecule has 0 bridgehead atoms. The lowest BCUT2D eigenvalue weighted by Crippen LogP contribution is -2.43. The number of H-pyrrole nitrogens is 1. The number of ether oxygens (including phenoxy) is 1. The molecule has 0 aliphatic rings. The number of rotatable bonds is 8. The summed E-state index contributed by atoms with van der Waals surface area (Å²) in [7, 11) is 1.46. The number of methoxy groups -OCH3 is 1. The molecule has 3 N–H and O–H groups in total. The molecular formula is C23H30N6O5. The zero-order valence-electron chi connectivity index (χ0n) is 20.0. The van der Waals surface area contributed by atoms with E-state index in [0.29, 0.717) is 10.8 Å². The Hall–Kier alpha value is -3.73. The fourth-order valence-corrected chi connectivity index (χ4v) is 3.72. The van der Waals surface area contributed by atoms with Crippen molar-refractivity contribution >= 4 is 28.2 Å². The second kappa shape index (κ2) is 10.0. The van der Waals surface area contributed by atoms with Crippen LogP contribution >= 0.6 is 0 Å². The van der Waals surface area contributed by atoms with Crippen LogP contribution in [0.5, 0.6) is 0 Å². The van der Waals surface area contributed by atoms with Crippen LogP contribution in [0, 0.1) is 5.92 Å². The highest BCUT2D eigenvalue weighted by atomic mass is 16.5. The van der Waals surface area contributed by atoms with E-state index in [1.54, 1.807) is 38.1 Å². The summed E-state index contributed by atoms with van der Waals surface area (Å²) in [6.45, 7) is 7.68. The SMILES string of the molecule is COCCN(C(=O)c1nn(C(C)C)c(=O)c2ccccc12)c1c(N)n(CC(C)C)c(=O)[nH]c1=O. The van der Waals surface area contributed by atoms with Crippen molar-refractivity contribution in [1.82, 2.24) is 19.3 Å². The van der Waals surface area contributed by atoms with E-state index in [4.69, 9.17) is 10.5 Å². The topological polar surface area (TPSA) is 145 Å². The lowest BCUT2D eigenvalue weighted by Gasteiger charge is -2.25. The quantitative estimate of drug-likeness (QED) is 0.505. The molecular weight excluding hydrogens is 440 g/mol. The minimum absolute atomic E-state index is 0.0135. The van der Waals surface area contributed by atoms with E-state index in [2.05, 4.69) is 10.1 Å². The van der Waals surface area contributed by atoms with E-state index in [-0.39, 0.29) is 54.4 Å². The number of nitrogens with zero attached hydrogens (tertiary/aromatic N) is 4. The average Bonchev–Trinajstić information content (AvgIpc) is 2.78. The maximum atomic E-state index is 13.9. The first-order valence-corrected chi connectivity index (χ1v) is 11.0. The normalized spacial score (nSPS) is 11.5. The molecule has 0 saturated carbocycles. The summed E-state index contributed by atoms with van der Waals surface area (Å²) in [5.74, 6) is -0.718. The van der Waals surface area contributed by atoms with Crippen LogP contribution in [0.25, 0.3) is 10.8 Å². The first-order chi connectivity index (χ1) is 16.1. The molecule has 0 unspecified atom stereocenters. The van der Waals surface area contributed by atoms with Gasteiger partial charge in [-0.1, -0.05) is 32.0 Å². The van der Waals surface area contributed by atoms with Gasteiger partial charge in [0.2, 0.25) is 0 Å². The minimum Gasteiger partial charge on any atom is -0.383 e. The molecule has 3 rings (SSSR count). The first kappa shape index (κ1) is 24.9. The van der Waals surface area contributed by atoms with Crippen molar-refractivity contribution in [1.29, 1.82) is 0 Å². The molecule has 0 saturated heterocycles. The number of fused-ring (bicyclic) bond motifs is 1.